The second kappa shape index (κ2) is 4.79. The van der Waals surface area contributed by atoms with Crippen molar-refractivity contribution in [3.63, 3.8) is 0 Å². The van der Waals surface area contributed by atoms with Crippen LogP contribution in [0.25, 0.3) is 0 Å². The zero-order valence-corrected chi connectivity index (χ0v) is 9.28. The topological polar surface area (TPSA) is 55.6 Å². The van der Waals surface area contributed by atoms with E-state index in [0.717, 1.165) is 21.9 Å². The molecule has 2 N–H and O–H groups in total. The number of rotatable bonds is 3. The maximum atomic E-state index is 11.4. The van der Waals surface area contributed by atoms with Crippen LogP contribution in [0.2, 0.25) is 0 Å². The van der Waals surface area contributed by atoms with Gasteiger partial charge in [0.25, 0.3) is 0 Å². The lowest BCUT2D eigenvalue weighted by molar-refractivity contribution is -0.129. The number of aryl methyl sites for hydroxylation is 1. The van der Waals surface area contributed by atoms with Crippen molar-refractivity contribution in [2.24, 2.45) is 5.84 Å². The van der Waals surface area contributed by atoms with E-state index >= 15 is 0 Å². The van der Waals surface area contributed by atoms with E-state index in [9.17, 15) is 4.79 Å². The van der Waals surface area contributed by atoms with Gasteiger partial charge >= 0.3 is 0 Å². The Labute approximate surface area is 89.6 Å². The molecule has 0 aromatic heterocycles. The first kappa shape index (κ1) is 11.5. The van der Waals surface area contributed by atoms with Crippen LogP contribution < -0.4 is 10.6 Å². The molecule has 0 radical (unpaired) electrons. The van der Waals surface area contributed by atoms with Crippen LogP contribution in [-0.4, -0.2) is 25.1 Å². The molecule has 4 nitrogen and oxygen atoms in total. The smallest absolute Gasteiger partial charge is 0.240 e. The van der Waals surface area contributed by atoms with Crippen molar-refractivity contribution >= 4 is 5.91 Å². The summed E-state index contributed by atoms with van der Waals surface area (Å²) in [4.78, 5) is 11.4. The molecule has 15 heavy (non-hydrogen) atoms. The molecule has 1 rings (SSSR count). The number of methoxy groups -OCH3 is 1. The summed E-state index contributed by atoms with van der Waals surface area (Å²) < 4.78 is 5.17. The van der Waals surface area contributed by atoms with Crippen molar-refractivity contribution in [2.75, 3.05) is 14.2 Å². The lowest BCUT2D eigenvalue weighted by atomic mass is 10.1. The summed E-state index contributed by atoms with van der Waals surface area (Å²) in [5.74, 6) is 5.93. The Balaban J connectivity index is 2.92. The molecule has 82 valence electrons. The fourth-order valence-corrected chi connectivity index (χ4v) is 1.33. The van der Waals surface area contributed by atoms with Crippen molar-refractivity contribution in [3.05, 3.63) is 29.3 Å². The molecule has 0 saturated carbocycles. The minimum atomic E-state index is -0.140. The molecule has 0 bridgehead atoms. The molecule has 4 heteroatoms. The third-order valence-electron chi connectivity index (χ3n) is 2.17. The summed E-state index contributed by atoms with van der Waals surface area (Å²) in [6.45, 7) is 1.97. The highest BCUT2D eigenvalue weighted by Gasteiger charge is 2.10. The fraction of sp³-hybridized carbons (Fsp3) is 0.364. The van der Waals surface area contributed by atoms with Crippen LogP contribution in [0.1, 0.15) is 11.1 Å². The first-order chi connectivity index (χ1) is 7.04. The Morgan fingerprint density at radius 2 is 2.20 bits per heavy atom. The van der Waals surface area contributed by atoms with Crippen LogP contribution in [0.4, 0.5) is 0 Å². The van der Waals surface area contributed by atoms with Crippen LogP contribution in [0.5, 0.6) is 5.75 Å². The van der Waals surface area contributed by atoms with Crippen LogP contribution in [0, 0.1) is 6.92 Å². The molecule has 0 aliphatic heterocycles. The number of nitrogens with two attached hydrogens (primary N) is 1. The van der Waals surface area contributed by atoms with Gasteiger partial charge in [-0.3, -0.25) is 9.80 Å². The second-order valence-corrected chi connectivity index (χ2v) is 3.50. The molecular formula is C11H16N2O2. The van der Waals surface area contributed by atoms with Crippen molar-refractivity contribution in [1.29, 1.82) is 0 Å². The number of hydrazine groups is 1. The van der Waals surface area contributed by atoms with Gasteiger partial charge in [0, 0.05) is 12.6 Å². The SMILES string of the molecule is COc1ccc(C)cc1CC(=O)N(C)N. The number of benzene rings is 1. The summed E-state index contributed by atoms with van der Waals surface area (Å²) in [6, 6.07) is 5.73. The molecule has 0 unspecified atom stereocenters. The molecule has 0 fully saturated rings. The van der Waals surface area contributed by atoms with Crippen LogP contribution in [0.15, 0.2) is 18.2 Å². The van der Waals surface area contributed by atoms with Gasteiger partial charge in [0.2, 0.25) is 5.91 Å². The highest BCUT2D eigenvalue weighted by Crippen LogP contribution is 2.20. The summed E-state index contributed by atoms with van der Waals surface area (Å²) >= 11 is 0. The van der Waals surface area contributed by atoms with Gasteiger partial charge in [0.05, 0.1) is 13.5 Å². The van der Waals surface area contributed by atoms with E-state index in [-0.39, 0.29) is 12.3 Å². The Bertz CT molecular complexity index is 362. The highest BCUT2D eigenvalue weighted by molar-refractivity contribution is 5.78. The Hall–Kier alpha value is -1.55. The number of carbonyl (C=O) groups excluding carboxylic acids is 1. The van der Waals surface area contributed by atoms with Gasteiger partial charge in [-0.1, -0.05) is 17.7 Å². The lowest BCUT2D eigenvalue weighted by Crippen LogP contribution is -2.34. The Morgan fingerprint density at radius 3 is 2.73 bits per heavy atom. The average Bonchev–Trinajstić information content (AvgIpc) is 2.18. The predicted octanol–water partition coefficient (Wildman–Crippen LogP) is 0.878. The molecule has 0 heterocycles. The van der Waals surface area contributed by atoms with E-state index in [1.807, 2.05) is 25.1 Å². The molecular weight excluding hydrogens is 192 g/mol. The van der Waals surface area contributed by atoms with Crippen molar-refractivity contribution in [3.8, 4) is 5.75 Å². The van der Waals surface area contributed by atoms with Gasteiger partial charge in [-0.15, -0.1) is 0 Å². The molecule has 1 amide bonds. The van der Waals surface area contributed by atoms with Gasteiger partial charge in [-0.2, -0.15) is 0 Å². The van der Waals surface area contributed by atoms with Crippen molar-refractivity contribution in [2.45, 2.75) is 13.3 Å². The second-order valence-electron chi connectivity index (χ2n) is 3.50. The Kier molecular flexibility index (Phi) is 3.68. The van der Waals surface area contributed by atoms with Gasteiger partial charge in [-0.05, 0) is 13.0 Å². The summed E-state index contributed by atoms with van der Waals surface area (Å²) in [5, 5.41) is 1.09. The standard InChI is InChI=1S/C11H16N2O2/c1-8-4-5-10(15-3)9(6-8)7-11(14)13(2)12/h4-6H,7,12H2,1-3H3. The summed E-state index contributed by atoms with van der Waals surface area (Å²) in [6.07, 6.45) is 0.262. The number of amides is 1. The van der Waals surface area contributed by atoms with Gasteiger partial charge in [-0.25, -0.2) is 5.84 Å². The van der Waals surface area contributed by atoms with E-state index in [1.165, 1.54) is 7.05 Å². The molecule has 0 saturated heterocycles. The van der Waals surface area contributed by atoms with Crippen molar-refractivity contribution < 1.29 is 9.53 Å². The lowest BCUT2D eigenvalue weighted by Gasteiger charge is -2.12. The minimum absolute atomic E-state index is 0.140. The monoisotopic (exact) mass is 208 g/mol. The van der Waals surface area contributed by atoms with E-state index < -0.39 is 0 Å². The molecule has 0 atom stereocenters. The molecule has 0 aliphatic rings. The van der Waals surface area contributed by atoms with E-state index in [0.29, 0.717) is 0 Å². The maximum Gasteiger partial charge on any atom is 0.240 e. The third-order valence-corrected chi connectivity index (χ3v) is 2.17. The van der Waals surface area contributed by atoms with Crippen molar-refractivity contribution in [1.82, 2.24) is 5.01 Å². The predicted molar refractivity (Wildman–Crippen MR) is 58.4 cm³/mol. The molecule has 1 aromatic rings. The number of nitrogens with zero attached hydrogens (tertiary/aromatic N) is 1. The van der Waals surface area contributed by atoms with Crippen LogP contribution in [-0.2, 0) is 11.2 Å². The highest BCUT2D eigenvalue weighted by atomic mass is 16.5. The third kappa shape index (κ3) is 2.95. The number of hydrogen-bond donors (Lipinski definition) is 1. The van der Waals surface area contributed by atoms with Crippen LogP contribution >= 0.6 is 0 Å². The number of likely N-dealkylation sites (N-methyl/N-ethyl adjacent to an activating group) is 1. The quantitative estimate of drug-likeness (QED) is 0.455. The zero-order valence-electron chi connectivity index (χ0n) is 9.28. The molecule has 1 aromatic carbocycles. The van der Waals surface area contributed by atoms with Gasteiger partial charge in [0.15, 0.2) is 0 Å². The number of hydrogen-bond acceptors (Lipinski definition) is 3. The minimum Gasteiger partial charge on any atom is -0.496 e. The van der Waals surface area contributed by atoms with E-state index in [2.05, 4.69) is 0 Å². The number of carbonyl (C=O) groups is 1. The number of ether oxygens (including phenoxy) is 1. The largest absolute Gasteiger partial charge is 0.496 e. The summed E-state index contributed by atoms with van der Waals surface area (Å²) in [7, 11) is 3.12. The first-order valence-corrected chi connectivity index (χ1v) is 4.69. The van der Waals surface area contributed by atoms with Crippen LogP contribution in [0.3, 0.4) is 0 Å². The zero-order chi connectivity index (χ0) is 11.4. The fourth-order valence-electron chi connectivity index (χ4n) is 1.33. The first-order valence-electron chi connectivity index (χ1n) is 4.69. The molecule has 0 aliphatic carbocycles. The average molecular weight is 208 g/mol. The summed E-state index contributed by atoms with van der Waals surface area (Å²) in [5.41, 5.74) is 1.96. The van der Waals surface area contributed by atoms with E-state index in [4.69, 9.17) is 10.6 Å². The van der Waals surface area contributed by atoms with Gasteiger partial charge in [0.1, 0.15) is 5.75 Å². The van der Waals surface area contributed by atoms with Gasteiger partial charge < -0.3 is 4.74 Å². The molecule has 0 spiro atoms. The normalized spacial score (nSPS) is 9.87. The Morgan fingerprint density at radius 1 is 1.53 bits per heavy atom. The van der Waals surface area contributed by atoms with E-state index in [1.54, 1.807) is 7.11 Å². The maximum absolute atomic E-state index is 11.4.